The van der Waals surface area contributed by atoms with Crippen LogP contribution in [0, 0.1) is 0 Å². The topological polar surface area (TPSA) is 82.8 Å². The minimum atomic E-state index is -0.318. The maximum Gasteiger partial charge on any atom is 0.287 e. The second-order valence-electron chi connectivity index (χ2n) is 6.56. The zero-order valence-electron chi connectivity index (χ0n) is 17.2. The standard InChI is InChI=1S/C23H26N2O5/c1-3-4-14-28-23-17(8-7-13-24-23)15-25-22(26)21-12-11-18(30-21)16-29-20-10-6-5-9-19(20)27-2/h5-13H,3-4,14-16H2,1-2H3,(H,25,26). The molecule has 0 fully saturated rings. The van der Waals surface area contributed by atoms with Crippen molar-refractivity contribution in [3.8, 4) is 17.4 Å². The van der Waals surface area contributed by atoms with Crippen molar-refractivity contribution in [3.05, 3.63) is 71.8 Å². The van der Waals surface area contributed by atoms with Gasteiger partial charge in [-0.1, -0.05) is 31.5 Å². The minimum Gasteiger partial charge on any atom is -0.493 e. The number of methoxy groups -OCH3 is 1. The third-order valence-electron chi connectivity index (χ3n) is 4.35. The van der Waals surface area contributed by atoms with Crippen LogP contribution in [-0.4, -0.2) is 24.6 Å². The molecule has 0 bridgehead atoms. The highest BCUT2D eigenvalue weighted by molar-refractivity contribution is 5.91. The Morgan fingerprint density at radius 3 is 2.70 bits per heavy atom. The van der Waals surface area contributed by atoms with Gasteiger partial charge in [0, 0.05) is 18.3 Å². The second kappa shape index (κ2) is 10.9. The van der Waals surface area contributed by atoms with Crippen LogP contribution in [0.4, 0.5) is 0 Å². The predicted octanol–water partition coefficient (Wildman–Crippen LogP) is 4.37. The summed E-state index contributed by atoms with van der Waals surface area (Å²) >= 11 is 0. The Balaban J connectivity index is 1.54. The largest absolute Gasteiger partial charge is 0.493 e. The molecule has 0 spiro atoms. The normalized spacial score (nSPS) is 10.5. The van der Waals surface area contributed by atoms with E-state index in [0.29, 0.717) is 36.3 Å². The molecule has 0 aliphatic heterocycles. The van der Waals surface area contributed by atoms with Crippen molar-refractivity contribution in [3.63, 3.8) is 0 Å². The van der Waals surface area contributed by atoms with Crippen molar-refractivity contribution in [2.24, 2.45) is 0 Å². The van der Waals surface area contributed by atoms with Crippen LogP contribution in [0.5, 0.6) is 17.4 Å². The number of hydrogen-bond acceptors (Lipinski definition) is 6. The predicted molar refractivity (Wildman–Crippen MR) is 112 cm³/mol. The Hall–Kier alpha value is -3.48. The molecule has 7 heteroatoms. The van der Waals surface area contributed by atoms with E-state index in [0.717, 1.165) is 18.4 Å². The van der Waals surface area contributed by atoms with Crippen molar-refractivity contribution < 1.29 is 23.4 Å². The van der Waals surface area contributed by atoms with Gasteiger partial charge in [0.05, 0.1) is 13.7 Å². The number of carbonyl (C=O) groups excluding carboxylic acids is 1. The van der Waals surface area contributed by atoms with Crippen molar-refractivity contribution in [2.45, 2.75) is 32.9 Å². The number of unbranched alkanes of at least 4 members (excludes halogenated alkanes) is 1. The van der Waals surface area contributed by atoms with Crippen LogP contribution in [0.1, 0.15) is 41.6 Å². The molecule has 2 heterocycles. The van der Waals surface area contributed by atoms with Crippen LogP contribution in [0.15, 0.2) is 59.1 Å². The SMILES string of the molecule is CCCCOc1ncccc1CNC(=O)c1ccc(COc2ccccc2OC)o1. The summed E-state index contributed by atoms with van der Waals surface area (Å²) in [5, 5.41) is 2.84. The van der Waals surface area contributed by atoms with E-state index in [-0.39, 0.29) is 18.3 Å². The lowest BCUT2D eigenvalue weighted by atomic mass is 10.2. The first-order valence-electron chi connectivity index (χ1n) is 9.90. The summed E-state index contributed by atoms with van der Waals surface area (Å²) in [4.78, 5) is 16.7. The van der Waals surface area contributed by atoms with Gasteiger partial charge < -0.3 is 23.9 Å². The third-order valence-corrected chi connectivity index (χ3v) is 4.35. The molecule has 3 aromatic rings. The number of aromatic nitrogens is 1. The highest BCUT2D eigenvalue weighted by atomic mass is 16.5. The highest BCUT2D eigenvalue weighted by Crippen LogP contribution is 2.26. The average Bonchev–Trinajstić information content (AvgIpc) is 3.26. The molecule has 0 radical (unpaired) electrons. The first-order chi connectivity index (χ1) is 14.7. The number of benzene rings is 1. The van der Waals surface area contributed by atoms with E-state index < -0.39 is 0 Å². The summed E-state index contributed by atoms with van der Waals surface area (Å²) in [6.45, 7) is 3.18. The molecule has 1 aromatic carbocycles. The number of rotatable bonds is 11. The highest BCUT2D eigenvalue weighted by Gasteiger charge is 2.13. The third kappa shape index (κ3) is 5.76. The molecule has 1 N–H and O–H groups in total. The molecule has 158 valence electrons. The molecule has 0 aliphatic carbocycles. The molecule has 3 rings (SSSR count). The maximum absolute atomic E-state index is 12.5. The number of para-hydroxylation sites is 2. The number of pyridine rings is 1. The van der Waals surface area contributed by atoms with Gasteiger partial charge in [0.15, 0.2) is 17.3 Å². The van der Waals surface area contributed by atoms with Crippen LogP contribution < -0.4 is 19.5 Å². The fourth-order valence-corrected chi connectivity index (χ4v) is 2.73. The smallest absolute Gasteiger partial charge is 0.287 e. The van der Waals surface area contributed by atoms with Crippen LogP contribution in [-0.2, 0) is 13.2 Å². The van der Waals surface area contributed by atoms with Crippen molar-refractivity contribution in [1.29, 1.82) is 0 Å². The Morgan fingerprint density at radius 2 is 1.90 bits per heavy atom. The number of amides is 1. The van der Waals surface area contributed by atoms with Crippen LogP contribution in [0.2, 0.25) is 0 Å². The molecular formula is C23H26N2O5. The summed E-state index contributed by atoms with van der Waals surface area (Å²) in [5.74, 6) is 2.21. The summed E-state index contributed by atoms with van der Waals surface area (Å²) in [6, 6.07) is 14.4. The number of nitrogens with one attached hydrogen (secondary N) is 1. The van der Waals surface area contributed by atoms with Gasteiger partial charge in [0.25, 0.3) is 5.91 Å². The number of nitrogens with zero attached hydrogens (tertiary/aromatic N) is 1. The second-order valence-corrected chi connectivity index (χ2v) is 6.56. The lowest BCUT2D eigenvalue weighted by Gasteiger charge is -2.10. The molecule has 0 saturated carbocycles. The van der Waals surface area contributed by atoms with Crippen molar-refractivity contribution >= 4 is 5.91 Å². The molecule has 7 nitrogen and oxygen atoms in total. The average molecular weight is 410 g/mol. The number of furan rings is 1. The molecule has 0 unspecified atom stereocenters. The number of ether oxygens (including phenoxy) is 3. The zero-order valence-corrected chi connectivity index (χ0v) is 17.2. The molecule has 0 aliphatic rings. The molecule has 2 aromatic heterocycles. The van der Waals surface area contributed by atoms with E-state index in [9.17, 15) is 4.79 Å². The van der Waals surface area contributed by atoms with E-state index >= 15 is 0 Å². The van der Waals surface area contributed by atoms with Crippen LogP contribution in [0.3, 0.4) is 0 Å². The van der Waals surface area contributed by atoms with Crippen molar-refractivity contribution in [1.82, 2.24) is 10.3 Å². The zero-order chi connectivity index (χ0) is 21.2. The van der Waals surface area contributed by atoms with Gasteiger partial charge in [-0.05, 0) is 36.8 Å². The summed E-state index contributed by atoms with van der Waals surface area (Å²) in [5.41, 5.74) is 0.813. The first-order valence-corrected chi connectivity index (χ1v) is 9.90. The Labute approximate surface area is 176 Å². The number of carbonyl (C=O) groups is 1. The molecule has 0 saturated heterocycles. The number of hydrogen-bond donors (Lipinski definition) is 1. The van der Waals surface area contributed by atoms with Crippen LogP contribution >= 0.6 is 0 Å². The van der Waals surface area contributed by atoms with Crippen molar-refractivity contribution in [2.75, 3.05) is 13.7 Å². The van der Waals surface area contributed by atoms with E-state index in [1.165, 1.54) is 0 Å². The Morgan fingerprint density at radius 1 is 1.07 bits per heavy atom. The Bertz CT molecular complexity index is 954. The summed E-state index contributed by atoms with van der Waals surface area (Å²) in [7, 11) is 1.58. The monoisotopic (exact) mass is 410 g/mol. The van der Waals surface area contributed by atoms with E-state index in [1.54, 1.807) is 25.4 Å². The fraction of sp³-hybridized carbons (Fsp3) is 0.304. The maximum atomic E-state index is 12.5. The lowest BCUT2D eigenvalue weighted by Crippen LogP contribution is -2.22. The minimum absolute atomic E-state index is 0.186. The van der Waals surface area contributed by atoms with Gasteiger partial charge in [-0.3, -0.25) is 4.79 Å². The van der Waals surface area contributed by atoms with Gasteiger partial charge in [-0.15, -0.1) is 0 Å². The van der Waals surface area contributed by atoms with E-state index in [1.807, 2.05) is 36.4 Å². The van der Waals surface area contributed by atoms with Gasteiger partial charge in [0.2, 0.25) is 5.88 Å². The summed E-state index contributed by atoms with van der Waals surface area (Å²) in [6.07, 6.45) is 3.67. The van der Waals surface area contributed by atoms with Gasteiger partial charge in [-0.25, -0.2) is 4.98 Å². The molecule has 0 atom stereocenters. The quantitative estimate of drug-likeness (QED) is 0.473. The first kappa shape index (κ1) is 21.2. The fourth-order valence-electron chi connectivity index (χ4n) is 2.73. The van der Waals surface area contributed by atoms with Crippen LogP contribution in [0.25, 0.3) is 0 Å². The lowest BCUT2D eigenvalue weighted by molar-refractivity contribution is 0.0918. The van der Waals surface area contributed by atoms with Gasteiger partial charge >= 0.3 is 0 Å². The van der Waals surface area contributed by atoms with E-state index in [4.69, 9.17) is 18.6 Å². The molecule has 30 heavy (non-hydrogen) atoms. The van der Waals surface area contributed by atoms with Gasteiger partial charge in [-0.2, -0.15) is 0 Å². The Kier molecular flexibility index (Phi) is 7.71. The molecule has 1 amide bonds. The van der Waals surface area contributed by atoms with Gasteiger partial charge in [0.1, 0.15) is 12.4 Å². The van der Waals surface area contributed by atoms with E-state index in [2.05, 4.69) is 17.2 Å². The summed E-state index contributed by atoms with van der Waals surface area (Å²) < 4.78 is 22.3. The molecular weight excluding hydrogens is 384 g/mol.